The molecule has 0 spiro atoms. The molecule has 0 unspecified atom stereocenters. The Bertz CT molecular complexity index is 778. The van der Waals surface area contributed by atoms with Gasteiger partial charge in [-0.15, -0.1) is 0 Å². The third-order valence-corrected chi connectivity index (χ3v) is 3.10. The van der Waals surface area contributed by atoms with Gasteiger partial charge >= 0.3 is 12.1 Å². The molecule has 0 saturated carbocycles. The van der Waals surface area contributed by atoms with E-state index in [1.165, 1.54) is 0 Å². The lowest BCUT2D eigenvalue weighted by atomic mass is 10.1. The Morgan fingerprint density at radius 1 is 1.04 bits per heavy atom. The summed E-state index contributed by atoms with van der Waals surface area (Å²) in [5.74, 6) is -3.40. The molecule has 0 saturated heterocycles. The van der Waals surface area contributed by atoms with E-state index in [9.17, 15) is 18.4 Å². The van der Waals surface area contributed by atoms with Crippen molar-refractivity contribution < 1.29 is 27.8 Å². The molecule has 1 amide bonds. The first kappa shape index (κ1) is 19.4. The first-order valence-electron chi connectivity index (χ1n) is 7.86. The Morgan fingerprint density at radius 2 is 1.62 bits per heavy atom. The van der Waals surface area contributed by atoms with Crippen LogP contribution in [0.1, 0.15) is 36.7 Å². The number of hydrogen-bond acceptors (Lipinski definition) is 4. The van der Waals surface area contributed by atoms with Crippen molar-refractivity contribution in [3.8, 4) is 0 Å². The number of carbonyl (C=O) groups excluding carboxylic acids is 2. The van der Waals surface area contributed by atoms with Crippen LogP contribution in [-0.4, -0.2) is 17.7 Å². The summed E-state index contributed by atoms with van der Waals surface area (Å²) in [5, 5.41) is 2.21. The maximum Gasteiger partial charge on any atom is 0.411 e. The predicted molar refractivity (Wildman–Crippen MR) is 91.8 cm³/mol. The van der Waals surface area contributed by atoms with E-state index in [4.69, 9.17) is 9.47 Å². The minimum atomic E-state index is -1.14. The number of esters is 1. The SMILES string of the molecule is CC(C)(C)OC(=O)c1c(F)cc(NC(=O)OCc2ccccc2)cc1F. The lowest BCUT2D eigenvalue weighted by molar-refractivity contribution is 0.00596. The van der Waals surface area contributed by atoms with Crippen molar-refractivity contribution in [1.82, 2.24) is 0 Å². The summed E-state index contributed by atoms with van der Waals surface area (Å²) in [4.78, 5) is 23.6. The number of amides is 1. The highest BCUT2D eigenvalue weighted by Crippen LogP contribution is 2.22. The van der Waals surface area contributed by atoms with Crippen molar-refractivity contribution in [2.24, 2.45) is 0 Å². The summed E-state index contributed by atoms with van der Waals surface area (Å²) >= 11 is 0. The van der Waals surface area contributed by atoms with Gasteiger partial charge in [-0.1, -0.05) is 30.3 Å². The van der Waals surface area contributed by atoms with Crippen molar-refractivity contribution >= 4 is 17.7 Å². The zero-order valence-electron chi connectivity index (χ0n) is 14.6. The van der Waals surface area contributed by atoms with E-state index in [-0.39, 0.29) is 12.3 Å². The Hall–Kier alpha value is -2.96. The molecule has 0 fully saturated rings. The average Bonchev–Trinajstić information content (AvgIpc) is 2.51. The van der Waals surface area contributed by atoms with Gasteiger partial charge in [0.05, 0.1) is 0 Å². The van der Waals surface area contributed by atoms with Gasteiger partial charge in [-0.2, -0.15) is 0 Å². The van der Waals surface area contributed by atoms with Crippen LogP contribution in [-0.2, 0) is 16.1 Å². The van der Waals surface area contributed by atoms with Crippen molar-refractivity contribution in [2.75, 3.05) is 5.32 Å². The van der Waals surface area contributed by atoms with Crippen LogP contribution in [0.5, 0.6) is 0 Å². The smallest absolute Gasteiger partial charge is 0.411 e. The second-order valence-electron chi connectivity index (χ2n) is 6.50. The summed E-state index contributed by atoms with van der Waals surface area (Å²) in [6.07, 6.45) is -0.877. The van der Waals surface area contributed by atoms with Crippen LogP contribution in [0.2, 0.25) is 0 Å². The van der Waals surface area contributed by atoms with Crippen LogP contribution in [0.25, 0.3) is 0 Å². The summed E-state index contributed by atoms with van der Waals surface area (Å²) in [5.41, 5.74) is -1.12. The molecule has 0 aliphatic rings. The van der Waals surface area contributed by atoms with E-state index in [1.54, 1.807) is 45.0 Å². The maximum atomic E-state index is 14.1. The normalized spacial score (nSPS) is 11.0. The molecule has 0 bridgehead atoms. The zero-order chi connectivity index (χ0) is 19.3. The van der Waals surface area contributed by atoms with Crippen LogP contribution in [0.4, 0.5) is 19.3 Å². The van der Waals surface area contributed by atoms with Crippen LogP contribution in [0.15, 0.2) is 42.5 Å². The lowest BCUT2D eigenvalue weighted by Crippen LogP contribution is -2.25. The van der Waals surface area contributed by atoms with Crippen LogP contribution in [0, 0.1) is 11.6 Å². The number of hydrogen-bond donors (Lipinski definition) is 1. The molecule has 0 aliphatic carbocycles. The van der Waals surface area contributed by atoms with Crippen LogP contribution >= 0.6 is 0 Å². The minimum absolute atomic E-state index is 0.00757. The van der Waals surface area contributed by atoms with E-state index in [0.717, 1.165) is 17.7 Å². The molecule has 2 aromatic rings. The lowest BCUT2D eigenvalue weighted by Gasteiger charge is -2.20. The molecule has 1 N–H and O–H groups in total. The van der Waals surface area contributed by atoms with Gasteiger partial charge in [0.15, 0.2) is 0 Å². The Labute approximate surface area is 149 Å². The van der Waals surface area contributed by atoms with Gasteiger partial charge in [0.1, 0.15) is 29.4 Å². The van der Waals surface area contributed by atoms with E-state index >= 15 is 0 Å². The average molecular weight is 363 g/mol. The third-order valence-electron chi connectivity index (χ3n) is 3.10. The van der Waals surface area contributed by atoms with Crippen molar-refractivity contribution in [1.29, 1.82) is 0 Å². The van der Waals surface area contributed by atoms with Gasteiger partial charge < -0.3 is 9.47 Å². The van der Waals surface area contributed by atoms with Crippen LogP contribution in [0.3, 0.4) is 0 Å². The number of rotatable bonds is 4. The van der Waals surface area contributed by atoms with Gasteiger partial charge in [-0.25, -0.2) is 18.4 Å². The summed E-state index contributed by atoms with van der Waals surface area (Å²) in [6.45, 7) is 4.76. The molecular weight excluding hydrogens is 344 g/mol. The number of ether oxygens (including phenoxy) is 2. The summed E-state index contributed by atoms with van der Waals surface area (Å²) in [7, 11) is 0. The highest BCUT2D eigenvalue weighted by Gasteiger charge is 2.25. The molecule has 138 valence electrons. The standard InChI is InChI=1S/C19H19F2NO4/c1-19(2,3)26-17(23)16-14(20)9-13(10-15(16)21)22-18(24)25-11-12-7-5-4-6-8-12/h4-10H,11H2,1-3H3,(H,22,24). The quantitative estimate of drug-likeness (QED) is 0.802. The van der Waals surface area contributed by atoms with Gasteiger partial charge in [0.2, 0.25) is 0 Å². The molecule has 0 radical (unpaired) electrons. The number of anilines is 1. The third kappa shape index (κ3) is 5.54. The number of halogens is 2. The molecule has 7 heteroatoms. The molecule has 0 heterocycles. The minimum Gasteiger partial charge on any atom is -0.456 e. The highest BCUT2D eigenvalue weighted by atomic mass is 19.1. The first-order chi connectivity index (χ1) is 12.2. The topological polar surface area (TPSA) is 64.6 Å². The molecule has 0 aromatic heterocycles. The Balaban J connectivity index is 2.04. The Morgan fingerprint density at radius 3 is 2.15 bits per heavy atom. The van der Waals surface area contributed by atoms with Gasteiger partial charge in [0.25, 0.3) is 0 Å². The fourth-order valence-electron chi connectivity index (χ4n) is 2.05. The second kappa shape index (κ2) is 7.95. The Kier molecular flexibility index (Phi) is 5.92. The molecular formula is C19H19F2NO4. The number of carbonyl (C=O) groups is 2. The van der Waals surface area contributed by atoms with Crippen molar-refractivity contribution in [3.05, 3.63) is 65.2 Å². The monoisotopic (exact) mass is 363 g/mol. The zero-order valence-corrected chi connectivity index (χ0v) is 14.6. The van der Waals surface area contributed by atoms with Gasteiger partial charge in [-0.3, -0.25) is 5.32 Å². The first-order valence-corrected chi connectivity index (χ1v) is 7.86. The second-order valence-corrected chi connectivity index (χ2v) is 6.50. The number of benzene rings is 2. The molecule has 2 aromatic carbocycles. The molecule has 26 heavy (non-hydrogen) atoms. The fourth-order valence-corrected chi connectivity index (χ4v) is 2.05. The van der Waals surface area contributed by atoms with E-state index in [1.807, 2.05) is 6.07 Å². The largest absolute Gasteiger partial charge is 0.456 e. The summed E-state index contributed by atoms with van der Waals surface area (Å²) in [6, 6.07) is 10.6. The van der Waals surface area contributed by atoms with Gasteiger partial charge in [0, 0.05) is 5.69 Å². The van der Waals surface area contributed by atoms with Crippen LogP contribution < -0.4 is 5.32 Å². The predicted octanol–water partition coefficient (Wildman–Crippen LogP) is 4.67. The molecule has 0 aliphatic heterocycles. The fraction of sp³-hybridized carbons (Fsp3) is 0.263. The number of nitrogens with one attached hydrogen (secondary N) is 1. The van der Waals surface area contributed by atoms with Crippen molar-refractivity contribution in [3.63, 3.8) is 0 Å². The maximum absolute atomic E-state index is 14.1. The summed E-state index contributed by atoms with van der Waals surface area (Å²) < 4.78 is 38.1. The van der Waals surface area contributed by atoms with E-state index in [2.05, 4.69) is 5.32 Å². The van der Waals surface area contributed by atoms with Gasteiger partial charge in [-0.05, 0) is 38.5 Å². The van der Waals surface area contributed by atoms with E-state index < -0.39 is 34.9 Å². The molecule has 0 atom stereocenters. The molecule has 5 nitrogen and oxygen atoms in total. The highest BCUT2D eigenvalue weighted by molar-refractivity contribution is 5.92. The van der Waals surface area contributed by atoms with Crippen molar-refractivity contribution in [2.45, 2.75) is 33.0 Å². The molecule has 2 rings (SSSR count). The van der Waals surface area contributed by atoms with E-state index in [0.29, 0.717) is 0 Å².